The third-order valence-electron chi connectivity index (χ3n) is 5.73. The van der Waals surface area contributed by atoms with Gasteiger partial charge in [-0.25, -0.2) is 4.39 Å². The summed E-state index contributed by atoms with van der Waals surface area (Å²) < 4.78 is 18.2. The Labute approximate surface area is 181 Å². The Bertz CT molecular complexity index is 928. The summed E-state index contributed by atoms with van der Waals surface area (Å²) in [5.74, 6) is -1.97. The minimum atomic E-state index is -1.01. The molecule has 0 radical (unpaired) electrons. The highest BCUT2D eigenvalue weighted by Crippen LogP contribution is 2.38. The predicted octanol–water partition coefficient (Wildman–Crippen LogP) is 3.51. The molecule has 2 aromatic carbocycles. The fraction of sp³-hybridized carbons (Fsp3) is 0.375. The number of nitrogens with two attached hydrogens (primary N) is 1. The fourth-order valence-corrected chi connectivity index (χ4v) is 4.11. The van der Waals surface area contributed by atoms with Gasteiger partial charge in [0.1, 0.15) is 18.5 Å². The molecule has 31 heavy (non-hydrogen) atoms. The molecule has 3 N–H and O–H groups in total. The highest BCUT2D eigenvalue weighted by Gasteiger charge is 2.34. The molecule has 0 bridgehead atoms. The fourth-order valence-electron chi connectivity index (χ4n) is 4.11. The molecule has 1 fully saturated rings. The number of rotatable bonds is 7. The molecule has 0 spiro atoms. The van der Waals surface area contributed by atoms with Gasteiger partial charge in [0.05, 0.1) is 0 Å². The van der Waals surface area contributed by atoms with Gasteiger partial charge in [0.15, 0.2) is 0 Å². The number of esters is 1. The molecular weight excluding hydrogens is 399 g/mol. The molecular formula is C24H27FN2O4. The number of carbonyl (C=O) groups excluding carboxylic acids is 3. The maximum atomic E-state index is 13.2. The monoisotopic (exact) mass is 426 g/mol. The van der Waals surface area contributed by atoms with Gasteiger partial charge < -0.3 is 15.8 Å². The minimum absolute atomic E-state index is 0.0123. The normalized spacial score (nSPS) is 19.3. The third kappa shape index (κ3) is 5.90. The Morgan fingerprint density at radius 3 is 2.32 bits per heavy atom. The quantitative estimate of drug-likeness (QED) is 0.662. The summed E-state index contributed by atoms with van der Waals surface area (Å²) in [7, 11) is 0. The highest BCUT2D eigenvalue weighted by molar-refractivity contribution is 5.89. The number of amides is 2. The standard InChI is InChI=1S/C24H27FN2O4/c1-15(28)31-14-16-6-8-17(9-7-16)20-4-2-3-5-21(20)24(30)27-22(23(26)29)18-10-12-19(25)13-11-18/h6-13,20-22H,2-5,14H2,1H3,(H2,26,29)(H,27,30)/t20-,21+,22-/m0/s1. The van der Waals surface area contributed by atoms with Crippen LogP contribution in [0.4, 0.5) is 4.39 Å². The van der Waals surface area contributed by atoms with Crippen molar-refractivity contribution in [1.29, 1.82) is 0 Å². The number of benzene rings is 2. The largest absolute Gasteiger partial charge is 0.461 e. The molecule has 0 saturated heterocycles. The predicted molar refractivity (Wildman–Crippen MR) is 113 cm³/mol. The van der Waals surface area contributed by atoms with Gasteiger partial charge in [-0.2, -0.15) is 0 Å². The van der Waals surface area contributed by atoms with Crippen LogP contribution in [0.1, 0.15) is 61.3 Å². The van der Waals surface area contributed by atoms with Crippen LogP contribution in [0.25, 0.3) is 0 Å². The molecule has 1 saturated carbocycles. The van der Waals surface area contributed by atoms with E-state index < -0.39 is 17.8 Å². The summed E-state index contributed by atoms with van der Waals surface area (Å²) in [5.41, 5.74) is 7.87. The van der Waals surface area contributed by atoms with Crippen LogP contribution in [0.5, 0.6) is 0 Å². The summed E-state index contributed by atoms with van der Waals surface area (Å²) in [6, 6.07) is 12.1. The number of hydrogen-bond donors (Lipinski definition) is 2. The second-order valence-electron chi connectivity index (χ2n) is 7.91. The van der Waals surface area contributed by atoms with Crippen LogP contribution in [-0.2, 0) is 25.7 Å². The van der Waals surface area contributed by atoms with Crippen LogP contribution in [0, 0.1) is 11.7 Å². The summed E-state index contributed by atoms with van der Waals surface area (Å²) >= 11 is 0. The van der Waals surface area contributed by atoms with Crippen molar-refractivity contribution in [2.45, 2.75) is 51.2 Å². The molecule has 1 aliphatic rings. The van der Waals surface area contributed by atoms with Crippen LogP contribution in [0.2, 0.25) is 0 Å². The Morgan fingerprint density at radius 2 is 1.71 bits per heavy atom. The number of halogens is 1. The zero-order valence-electron chi connectivity index (χ0n) is 17.5. The summed E-state index contributed by atoms with van der Waals surface area (Å²) in [6.45, 7) is 1.58. The smallest absolute Gasteiger partial charge is 0.302 e. The zero-order valence-corrected chi connectivity index (χ0v) is 17.5. The Hall–Kier alpha value is -3.22. The van der Waals surface area contributed by atoms with Gasteiger partial charge in [-0.15, -0.1) is 0 Å². The van der Waals surface area contributed by atoms with Crippen LogP contribution < -0.4 is 11.1 Å². The lowest BCUT2D eigenvalue weighted by Gasteiger charge is -2.32. The second-order valence-corrected chi connectivity index (χ2v) is 7.91. The van der Waals surface area contributed by atoms with Crippen molar-refractivity contribution < 1.29 is 23.5 Å². The van der Waals surface area contributed by atoms with E-state index in [0.717, 1.165) is 30.4 Å². The number of carbonyl (C=O) groups is 3. The molecule has 0 aliphatic heterocycles. The maximum Gasteiger partial charge on any atom is 0.302 e. The van der Waals surface area contributed by atoms with E-state index in [-0.39, 0.29) is 30.3 Å². The van der Waals surface area contributed by atoms with Crippen molar-refractivity contribution in [1.82, 2.24) is 5.32 Å². The molecule has 6 nitrogen and oxygen atoms in total. The van der Waals surface area contributed by atoms with E-state index in [2.05, 4.69) is 5.32 Å². The van der Waals surface area contributed by atoms with Crippen molar-refractivity contribution >= 4 is 17.8 Å². The molecule has 3 atom stereocenters. The van der Waals surface area contributed by atoms with E-state index in [1.54, 1.807) is 0 Å². The lowest BCUT2D eigenvalue weighted by atomic mass is 9.74. The summed E-state index contributed by atoms with van der Waals surface area (Å²) in [6.07, 6.45) is 3.51. The van der Waals surface area contributed by atoms with Crippen molar-refractivity contribution in [3.05, 3.63) is 71.0 Å². The first-order valence-corrected chi connectivity index (χ1v) is 10.4. The molecule has 2 amide bonds. The van der Waals surface area contributed by atoms with Crippen molar-refractivity contribution in [3.63, 3.8) is 0 Å². The number of nitrogens with one attached hydrogen (secondary N) is 1. The van der Waals surface area contributed by atoms with E-state index in [1.807, 2.05) is 24.3 Å². The lowest BCUT2D eigenvalue weighted by Crippen LogP contribution is -2.42. The van der Waals surface area contributed by atoms with Crippen molar-refractivity contribution in [2.24, 2.45) is 11.7 Å². The Morgan fingerprint density at radius 1 is 1.06 bits per heavy atom. The van der Waals surface area contributed by atoms with E-state index in [4.69, 9.17) is 10.5 Å². The number of primary amides is 1. The number of hydrogen-bond acceptors (Lipinski definition) is 4. The molecule has 3 rings (SSSR count). The third-order valence-corrected chi connectivity index (χ3v) is 5.73. The highest BCUT2D eigenvalue weighted by atomic mass is 19.1. The summed E-state index contributed by atoms with van der Waals surface area (Å²) in [4.78, 5) is 36.1. The maximum absolute atomic E-state index is 13.2. The first-order chi connectivity index (χ1) is 14.8. The van der Waals surface area contributed by atoms with Crippen LogP contribution in [-0.4, -0.2) is 17.8 Å². The summed E-state index contributed by atoms with van der Waals surface area (Å²) in [5, 5.41) is 2.77. The SMILES string of the molecule is CC(=O)OCc1ccc([C@@H]2CCCC[C@H]2C(=O)N[C@H](C(N)=O)c2ccc(F)cc2)cc1. The lowest BCUT2D eigenvalue weighted by molar-refractivity contribution is -0.142. The number of ether oxygens (including phenoxy) is 1. The topological polar surface area (TPSA) is 98.5 Å². The van der Waals surface area contributed by atoms with Crippen LogP contribution in [0.15, 0.2) is 48.5 Å². The molecule has 0 heterocycles. The molecule has 2 aromatic rings. The van der Waals surface area contributed by atoms with Gasteiger partial charge >= 0.3 is 5.97 Å². The molecule has 7 heteroatoms. The van der Waals surface area contributed by atoms with E-state index in [1.165, 1.54) is 31.2 Å². The van der Waals surface area contributed by atoms with E-state index in [0.29, 0.717) is 12.0 Å². The van der Waals surface area contributed by atoms with Gasteiger partial charge in [0.25, 0.3) is 0 Å². The first-order valence-electron chi connectivity index (χ1n) is 10.4. The average molecular weight is 426 g/mol. The van der Waals surface area contributed by atoms with Gasteiger partial charge in [-0.05, 0) is 47.6 Å². The Kier molecular flexibility index (Phi) is 7.39. The van der Waals surface area contributed by atoms with Crippen LogP contribution >= 0.6 is 0 Å². The van der Waals surface area contributed by atoms with Gasteiger partial charge in [0, 0.05) is 12.8 Å². The van der Waals surface area contributed by atoms with Crippen molar-refractivity contribution in [2.75, 3.05) is 0 Å². The zero-order chi connectivity index (χ0) is 22.4. The average Bonchev–Trinajstić information content (AvgIpc) is 2.77. The van der Waals surface area contributed by atoms with Crippen molar-refractivity contribution in [3.8, 4) is 0 Å². The molecule has 164 valence electrons. The Balaban J connectivity index is 1.74. The van der Waals surface area contributed by atoms with Gasteiger partial charge in [-0.1, -0.05) is 49.2 Å². The first kappa shape index (κ1) is 22.5. The van der Waals surface area contributed by atoms with E-state index in [9.17, 15) is 18.8 Å². The van der Waals surface area contributed by atoms with Crippen LogP contribution in [0.3, 0.4) is 0 Å². The second kappa shape index (κ2) is 10.2. The molecule has 0 aromatic heterocycles. The van der Waals surface area contributed by atoms with Gasteiger partial charge in [0.2, 0.25) is 11.8 Å². The van der Waals surface area contributed by atoms with Gasteiger partial charge in [-0.3, -0.25) is 14.4 Å². The molecule has 1 aliphatic carbocycles. The molecule has 0 unspecified atom stereocenters. The van der Waals surface area contributed by atoms with E-state index >= 15 is 0 Å². The minimum Gasteiger partial charge on any atom is -0.461 e.